The van der Waals surface area contributed by atoms with Gasteiger partial charge in [-0.05, 0) is 25.8 Å². The molecule has 1 unspecified atom stereocenters. The van der Waals surface area contributed by atoms with Crippen molar-refractivity contribution in [3.63, 3.8) is 0 Å². The molecule has 0 aliphatic carbocycles. The van der Waals surface area contributed by atoms with Crippen molar-refractivity contribution in [1.29, 1.82) is 0 Å². The SMILES string of the molecule is Cc1c(NCC2CCCO2)cc(C(=O)O)cc1[N+](=O)[O-]. The lowest BCUT2D eigenvalue weighted by Gasteiger charge is -2.14. The standard InChI is InChI=1S/C13H16N2O5/c1-8-11(14-7-10-3-2-4-20-10)5-9(13(16)17)6-12(8)15(18)19/h5-6,10,14H,2-4,7H2,1H3,(H,16,17). The van der Waals surface area contributed by atoms with E-state index in [0.717, 1.165) is 25.5 Å². The molecule has 0 spiro atoms. The van der Waals surface area contributed by atoms with Crippen molar-refractivity contribution in [3.8, 4) is 0 Å². The number of aromatic carboxylic acids is 1. The van der Waals surface area contributed by atoms with E-state index in [9.17, 15) is 14.9 Å². The van der Waals surface area contributed by atoms with Gasteiger partial charge < -0.3 is 15.2 Å². The highest BCUT2D eigenvalue weighted by molar-refractivity contribution is 5.90. The third kappa shape index (κ3) is 3.05. The Morgan fingerprint density at radius 3 is 2.90 bits per heavy atom. The van der Waals surface area contributed by atoms with Crippen LogP contribution in [0.3, 0.4) is 0 Å². The number of rotatable bonds is 5. The largest absolute Gasteiger partial charge is 0.478 e. The Morgan fingerprint density at radius 2 is 2.35 bits per heavy atom. The Morgan fingerprint density at radius 1 is 1.60 bits per heavy atom. The molecule has 1 aromatic rings. The highest BCUT2D eigenvalue weighted by atomic mass is 16.6. The van der Waals surface area contributed by atoms with E-state index in [-0.39, 0.29) is 17.4 Å². The molecule has 1 heterocycles. The van der Waals surface area contributed by atoms with Crippen molar-refractivity contribution in [1.82, 2.24) is 0 Å². The van der Waals surface area contributed by atoms with Crippen LogP contribution in [0.2, 0.25) is 0 Å². The van der Waals surface area contributed by atoms with E-state index < -0.39 is 10.9 Å². The average molecular weight is 280 g/mol. The number of hydrogen-bond donors (Lipinski definition) is 2. The van der Waals surface area contributed by atoms with Crippen LogP contribution in [0.15, 0.2) is 12.1 Å². The van der Waals surface area contributed by atoms with Crippen molar-refractivity contribution in [2.75, 3.05) is 18.5 Å². The number of nitrogens with one attached hydrogen (secondary N) is 1. The van der Waals surface area contributed by atoms with Crippen LogP contribution in [0.1, 0.15) is 28.8 Å². The molecule has 0 radical (unpaired) electrons. The molecule has 0 bridgehead atoms. The Bertz CT molecular complexity index is 538. The minimum Gasteiger partial charge on any atom is -0.478 e. The molecule has 2 rings (SSSR count). The van der Waals surface area contributed by atoms with Gasteiger partial charge in [0.2, 0.25) is 0 Å². The number of hydrogen-bond acceptors (Lipinski definition) is 5. The molecule has 20 heavy (non-hydrogen) atoms. The fraction of sp³-hybridized carbons (Fsp3) is 0.462. The van der Waals surface area contributed by atoms with Gasteiger partial charge in [0.1, 0.15) is 0 Å². The van der Waals surface area contributed by atoms with E-state index in [2.05, 4.69) is 5.32 Å². The molecule has 108 valence electrons. The van der Waals surface area contributed by atoms with Gasteiger partial charge in [-0.2, -0.15) is 0 Å². The van der Waals surface area contributed by atoms with Crippen molar-refractivity contribution in [2.45, 2.75) is 25.9 Å². The molecule has 1 aliphatic rings. The second-order valence-electron chi connectivity index (χ2n) is 4.75. The second kappa shape index (κ2) is 5.87. The van der Waals surface area contributed by atoms with Crippen LogP contribution in [-0.2, 0) is 4.74 Å². The molecule has 1 aliphatic heterocycles. The molecule has 7 heteroatoms. The molecule has 0 amide bonds. The predicted octanol–water partition coefficient (Wildman–Crippen LogP) is 2.19. The van der Waals surface area contributed by atoms with E-state index in [0.29, 0.717) is 17.8 Å². The summed E-state index contributed by atoms with van der Waals surface area (Å²) >= 11 is 0. The highest BCUT2D eigenvalue weighted by Crippen LogP contribution is 2.28. The third-order valence-corrected chi connectivity index (χ3v) is 3.37. The lowest BCUT2D eigenvalue weighted by molar-refractivity contribution is -0.385. The number of nitro groups is 1. The topological polar surface area (TPSA) is 102 Å². The summed E-state index contributed by atoms with van der Waals surface area (Å²) in [6.07, 6.45) is 2.01. The fourth-order valence-corrected chi connectivity index (χ4v) is 2.22. The smallest absolute Gasteiger partial charge is 0.336 e. The predicted molar refractivity (Wildman–Crippen MR) is 72.3 cm³/mol. The highest BCUT2D eigenvalue weighted by Gasteiger charge is 2.20. The van der Waals surface area contributed by atoms with Gasteiger partial charge in [-0.25, -0.2) is 4.79 Å². The van der Waals surface area contributed by atoms with Crippen LogP contribution in [0.25, 0.3) is 0 Å². The van der Waals surface area contributed by atoms with Crippen LogP contribution in [0, 0.1) is 17.0 Å². The van der Waals surface area contributed by atoms with Gasteiger partial charge >= 0.3 is 5.97 Å². The Balaban J connectivity index is 2.25. The first kappa shape index (κ1) is 14.3. The van der Waals surface area contributed by atoms with Gasteiger partial charge in [-0.15, -0.1) is 0 Å². The van der Waals surface area contributed by atoms with Gasteiger partial charge in [-0.1, -0.05) is 0 Å². The number of anilines is 1. The first-order valence-corrected chi connectivity index (χ1v) is 6.37. The fourth-order valence-electron chi connectivity index (χ4n) is 2.22. The summed E-state index contributed by atoms with van der Waals surface area (Å²) in [5, 5.41) is 23.0. The Labute approximate surface area is 115 Å². The lowest BCUT2D eigenvalue weighted by atomic mass is 10.1. The summed E-state index contributed by atoms with van der Waals surface area (Å²) in [6, 6.07) is 2.49. The van der Waals surface area contributed by atoms with Gasteiger partial charge in [-0.3, -0.25) is 10.1 Å². The zero-order chi connectivity index (χ0) is 14.7. The molecule has 1 aromatic carbocycles. The molecule has 1 saturated heterocycles. The maximum Gasteiger partial charge on any atom is 0.336 e. The van der Waals surface area contributed by atoms with E-state index in [1.807, 2.05) is 0 Å². The molecule has 1 atom stereocenters. The molecular weight excluding hydrogens is 264 g/mol. The number of ether oxygens (including phenoxy) is 1. The summed E-state index contributed by atoms with van der Waals surface area (Å²) in [6.45, 7) is 2.84. The number of carboxylic acid groups (broad SMARTS) is 1. The van der Waals surface area contributed by atoms with E-state index in [4.69, 9.17) is 9.84 Å². The molecule has 7 nitrogen and oxygen atoms in total. The van der Waals surface area contributed by atoms with Gasteiger partial charge in [0.25, 0.3) is 5.69 Å². The summed E-state index contributed by atoms with van der Waals surface area (Å²) < 4.78 is 5.46. The monoisotopic (exact) mass is 280 g/mol. The number of nitrogens with zero attached hydrogens (tertiary/aromatic N) is 1. The third-order valence-electron chi connectivity index (χ3n) is 3.37. The summed E-state index contributed by atoms with van der Waals surface area (Å²) in [5.74, 6) is -1.19. The van der Waals surface area contributed by atoms with Crippen LogP contribution >= 0.6 is 0 Å². The number of carbonyl (C=O) groups is 1. The summed E-state index contributed by atoms with van der Waals surface area (Å²) in [5.41, 5.74) is 0.599. The van der Waals surface area contributed by atoms with Gasteiger partial charge in [0.05, 0.1) is 16.6 Å². The first-order chi connectivity index (χ1) is 9.49. The summed E-state index contributed by atoms with van der Waals surface area (Å²) in [4.78, 5) is 21.4. The Kier molecular flexibility index (Phi) is 4.19. The van der Waals surface area contributed by atoms with E-state index >= 15 is 0 Å². The van der Waals surface area contributed by atoms with Crippen molar-refractivity contribution >= 4 is 17.3 Å². The molecule has 2 N–H and O–H groups in total. The maximum atomic E-state index is 11.0. The normalized spacial score (nSPS) is 17.9. The quantitative estimate of drug-likeness (QED) is 0.633. The number of nitro benzene ring substituents is 1. The number of carboxylic acids is 1. The van der Waals surface area contributed by atoms with Crippen LogP contribution < -0.4 is 5.32 Å². The van der Waals surface area contributed by atoms with Crippen LogP contribution in [-0.4, -0.2) is 35.3 Å². The molecular formula is C13H16N2O5. The van der Waals surface area contributed by atoms with Crippen molar-refractivity contribution < 1.29 is 19.6 Å². The van der Waals surface area contributed by atoms with Gasteiger partial charge in [0.15, 0.2) is 0 Å². The minimum atomic E-state index is -1.19. The average Bonchev–Trinajstić information content (AvgIpc) is 2.90. The van der Waals surface area contributed by atoms with Gasteiger partial charge in [0, 0.05) is 30.5 Å². The minimum absolute atomic E-state index is 0.0712. The van der Waals surface area contributed by atoms with Crippen molar-refractivity contribution in [3.05, 3.63) is 33.4 Å². The summed E-state index contributed by atoms with van der Waals surface area (Å²) in [7, 11) is 0. The van der Waals surface area contributed by atoms with E-state index in [1.54, 1.807) is 6.92 Å². The number of benzene rings is 1. The molecule has 1 fully saturated rings. The Hall–Kier alpha value is -2.15. The van der Waals surface area contributed by atoms with Crippen LogP contribution in [0.4, 0.5) is 11.4 Å². The zero-order valence-corrected chi connectivity index (χ0v) is 11.1. The van der Waals surface area contributed by atoms with E-state index in [1.165, 1.54) is 6.07 Å². The molecule has 0 saturated carbocycles. The maximum absolute atomic E-state index is 11.0. The van der Waals surface area contributed by atoms with Crippen molar-refractivity contribution in [2.24, 2.45) is 0 Å². The zero-order valence-electron chi connectivity index (χ0n) is 11.1. The first-order valence-electron chi connectivity index (χ1n) is 6.37. The lowest BCUT2D eigenvalue weighted by Crippen LogP contribution is -2.19. The second-order valence-corrected chi connectivity index (χ2v) is 4.75. The molecule has 0 aromatic heterocycles. The van der Waals surface area contributed by atoms with Crippen LogP contribution in [0.5, 0.6) is 0 Å².